The molecule has 0 aliphatic carbocycles. The first-order valence-electron chi connectivity index (χ1n) is 7.33. The van der Waals surface area contributed by atoms with Crippen molar-refractivity contribution >= 4 is 5.97 Å². The standard InChI is InChI=1S/C16H25NO3/c1-4-7-11-17(5-2)15(16(18)19)13-9-8-10-14(12-13)20-6-3/h8-10,12,15H,4-7,11H2,1-3H3,(H,18,19). The number of aliphatic carboxylic acids is 1. The highest BCUT2D eigenvalue weighted by atomic mass is 16.5. The fourth-order valence-corrected chi connectivity index (χ4v) is 2.28. The minimum absolute atomic E-state index is 0.578. The van der Waals surface area contributed by atoms with Crippen molar-refractivity contribution in [3.05, 3.63) is 29.8 Å². The smallest absolute Gasteiger partial charge is 0.325 e. The second-order valence-electron chi connectivity index (χ2n) is 4.73. The van der Waals surface area contributed by atoms with Gasteiger partial charge in [-0.15, -0.1) is 0 Å². The van der Waals surface area contributed by atoms with E-state index < -0.39 is 12.0 Å². The van der Waals surface area contributed by atoms with E-state index in [9.17, 15) is 9.90 Å². The molecule has 1 N–H and O–H groups in total. The van der Waals surface area contributed by atoms with Gasteiger partial charge in [0.05, 0.1) is 6.61 Å². The van der Waals surface area contributed by atoms with E-state index in [0.29, 0.717) is 6.61 Å². The summed E-state index contributed by atoms with van der Waals surface area (Å²) in [6, 6.07) is 6.79. The van der Waals surface area contributed by atoms with Crippen molar-refractivity contribution in [2.75, 3.05) is 19.7 Å². The van der Waals surface area contributed by atoms with Crippen molar-refractivity contribution < 1.29 is 14.6 Å². The van der Waals surface area contributed by atoms with Gasteiger partial charge in [0.1, 0.15) is 11.8 Å². The van der Waals surface area contributed by atoms with E-state index in [1.807, 2.05) is 43.0 Å². The number of carbonyl (C=O) groups is 1. The summed E-state index contributed by atoms with van der Waals surface area (Å²) < 4.78 is 5.46. The average Bonchev–Trinajstić information content (AvgIpc) is 2.43. The third kappa shape index (κ3) is 4.53. The molecule has 1 atom stereocenters. The molecule has 4 nitrogen and oxygen atoms in total. The van der Waals surface area contributed by atoms with Crippen LogP contribution in [0.2, 0.25) is 0 Å². The third-order valence-electron chi connectivity index (χ3n) is 3.29. The number of nitrogens with zero attached hydrogens (tertiary/aromatic N) is 1. The molecule has 0 saturated heterocycles. The zero-order valence-electron chi connectivity index (χ0n) is 12.6. The molecule has 0 bridgehead atoms. The summed E-state index contributed by atoms with van der Waals surface area (Å²) >= 11 is 0. The Kier molecular flexibility index (Phi) is 7.09. The second-order valence-corrected chi connectivity index (χ2v) is 4.73. The van der Waals surface area contributed by atoms with Crippen LogP contribution in [0.1, 0.15) is 45.2 Å². The molecule has 0 aliphatic rings. The van der Waals surface area contributed by atoms with Gasteiger partial charge in [0.2, 0.25) is 0 Å². The first-order valence-corrected chi connectivity index (χ1v) is 7.33. The van der Waals surface area contributed by atoms with Gasteiger partial charge in [-0.1, -0.05) is 32.4 Å². The van der Waals surface area contributed by atoms with Gasteiger partial charge < -0.3 is 9.84 Å². The molecule has 112 valence electrons. The molecule has 4 heteroatoms. The molecular weight excluding hydrogens is 254 g/mol. The molecule has 0 spiro atoms. The van der Waals surface area contributed by atoms with E-state index in [1.54, 1.807) is 0 Å². The lowest BCUT2D eigenvalue weighted by Gasteiger charge is -2.28. The van der Waals surface area contributed by atoms with Crippen LogP contribution in [0, 0.1) is 0 Å². The Morgan fingerprint density at radius 1 is 1.35 bits per heavy atom. The zero-order chi connectivity index (χ0) is 15.0. The Hall–Kier alpha value is -1.55. The summed E-state index contributed by atoms with van der Waals surface area (Å²) in [7, 11) is 0. The SMILES string of the molecule is CCCCN(CC)C(C(=O)O)c1cccc(OCC)c1. The van der Waals surface area contributed by atoms with E-state index in [1.165, 1.54) is 0 Å². The normalized spacial score (nSPS) is 12.4. The van der Waals surface area contributed by atoms with Crippen molar-refractivity contribution in [3.8, 4) is 5.75 Å². The minimum atomic E-state index is -0.809. The van der Waals surface area contributed by atoms with E-state index in [4.69, 9.17) is 4.74 Å². The maximum Gasteiger partial charge on any atom is 0.325 e. The quantitative estimate of drug-likeness (QED) is 0.753. The van der Waals surface area contributed by atoms with E-state index in [-0.39, 0.29) is 0 Å². The largest absolute Gasteiger partial charge is 0.494 e. The fraction of sp³-hybridized carbons (Fsp3) is 0.562. The predicted molar refractivity (Wildman–Crippen MR) is 80.1 cm³/mol. The van der Waals surface area contributed by atoms with Crippen molar-refractivity contribution in [1.82, 2.24) is 4.90 Å². The Labute approximate surface area is 121 Å². The Bertz CT molecular complexity index is 420. The van der Waals surface area contributed by atoms with Gasteiger partial charge in [0, 0.05) is 0 Å². The number of ether oxygens (including phenoxy) is 1. The van der Waals surface area contributed by atoms with Crippen molar-refractivity contribution in [2.45, 2.75) is 39.7 Å². The maximum absolute atomic E-state index is 11.7. The molecule has 1 aromatic carbocycles. The maximum atomic E-state index is 11.7. The van der Waals surface area contributed by atoms with Gasteiger partial charge in [0.15, 0.2) is 0 Å². The van der Waals surface area contributed by atoms with Crippen LogP contribution in [0.5, 0.6) is 5.75 Å². The summed E-state index contributed by atoms with van der Waals surface area (Å²) in [6.07, 6.45) is 2.06. The third-order valence-corrected chi connectivity index (χ3v) is 3.29. The van der Waals surface area contributed by atoms with Crippen molar-refractivity contribution in [2.24, 2.45) is 0 Å². The summed E-state index contributed by atoms with van der Waals surface area (Å²) in [5.74, 6) is -0.0839. The minimum Gasteiger partial charge on any atom is -0.494 e. The molecule has 0 aliphatic heterocycles. The van der Waals surface area contributed by atoms with Crippen LogP contribution in [0.4, 0.5) is 0 Å². The van der Waals surface area contributed by atoms with Gasteiger partial charge in [-0.2, -0.15) is 0 Å². The van der Waals surface area contributed by atoms with Crippen LogP contribution in [0.25, 0.3) is 0 Å². The van der Waals surface area contributed by atoms with Crippen molar-refractivity contribution in [1.29, 1.82) is 0 Å². The average molecular weight is 279 g/mol. The molecule has 0 heterocycles. The first kappa shape index (κ1) is 16.5. The molecule has 0 saturated carbocycles. The molecule has 1 aromatic rings. The van der Waals surface area contributed by atoms with Crippen LogP contribution in [0.3, 0.4) is 0 Å². The van der Waals surface area contributed by atoms with Gasteiger partial charge in [0.25, 0.3) is 0 Å². The molecule has 1 unspecified atom stereocenters. The monoisotopic (exact) mass is 279 g/mol. The molecule has 0 amide bonds. The Balaban J connectivity index is 2.99. The van der Waals surface area contributed by atoms with E-state index in [2.05, 4.69) is 6.92 Å². The number of rotatable bonds is 9. The first-order chi connectivity index (χ1) is 9.63. The van der Waals surface area contributed by atoms with E-state index in [0.717, 1.165) is 37.2 Å². The molecule has 1 rings (SSSR count). The number of likely N-dealkylation sites (N-methyl/N-ethyl adjacent to an activating group) is 1. The molecular formula is C16H25NO3. The zero-order valence-corrected chi connectivity index (χ0v) is 12.6. The highest BCUT2D eigenvalue weighted by Crippen LogP contribution is 2.25. The van der Waals surface area contributed by atoms with Crippen LogP contribution in [0.15, 0.2) is 24.3 Å². The molecule has 0 fully saturated rings. The number of hydrogen-bond donors (Lipinski definition) is 1. The lowest BCUT2D eigenvalue weighted by molar-refractivity contribution is -0.143. The van der Waals surface area contributed by atoms with Crippen LogP contribution in [-0.2, 0) is 4.79 Å². The summed E-state index contributed by atoms with van der Waals surface area (Å²) in [5, 5.41) is 9.57. The molecule has 20 heavy (non-hydrogen) atoms. The number of carboxylic acid groups (broad SMARTS) is 1. The summed E-state index contributed by atoms with van der Waals surface area (Å²) in [6.45, 7) is 8.12. The highest BCUT2D eigenvalue weighted by molar-refractivity contribution is 5.75. The highest BCUT2D eigenvalue weighted by Gasteiger charge is 2.26. The lowest BCUT2D eigenvalue weighted by atomic mass is 10.0. The molecule has 0 aromatic heterocycles. The second kappa shape index (κ2) is 8.59. The topological polar surface area (TPSA) is 49.8 Å². The van der Waals surface area contributed by atoms with Crippen LogP contribution < -0.4 is 4.74 Å². The predicted octanol–water partition coefficient (Wildman–Crippen LogP) is 3.33. The van der Waals surface area contributed by atoms with Gasteiger partial charge in [-0.25, -0.2) is 0 Å². The number of benzene rings is 1. The van der Waals surface area contributed by atoms with Gasteiger partial charge in [-0.05, 0) is 44.1 Å². The van der Waals surface area contributed by atoms with Crippen LogP contribution >= 0.6 is 0 Å². The Morgan fingerprint density at radius 2 is 2.10 bits per heavy atom. The summed E-state index contributed by atoms with van der Waals surface area (Å²) in [4.78, 5) is 13.6. The Morgan fingerprint density at radius 3 is 2.65 bits per heavy atom. The fourth-order valence-electron chi connectivity index (χ4n) is 2.28. The van der Waals surface area contributed by atoms with Gasteiger partial charge in [-0.3, -0.25) is 9.69 Å². The number of hydrogen-bond acceptors (Lipinski definition) is 3. The van der Waals surface area contributed by atoms with Crippen molar-refractivity contribution in [3.63, 3.8) is 0 Å². The number of unbranched alkanes of at least 4 members (excludes halogenated alkanes) is 1. The molecule has 0 radical (unpaired) electrons. The number of carboxylic acids is 1. The lowest BCUT2D eigenvalue weighted by Crippen LogP contribution is -2.34. The van der Waals surface area contributed by atoms with Crippen LogP contribution in [-0.4, -0.2) is 35.7 Å². The van der Waals surface area contributed by atoms with Gasteiger partial charge >= 0.3 is 5.97 Å². The van der Waals surface area contributed by atoms with E-state index >= 15 is 0 Å². The summed E-state index contributed by atoms with van der Waals surface area (Å²) in [5.41, 5.74) is 0.779.